The van der Waals surface area contributed by atoms with E-state index < -0.39 is 0 Å². The molecule has 2 nitrogen and oxygen atoms in total. The molecule has 0 heterocycles. The van der Waals surface area contributed by atoms with E-state index in [2.05, 4.69) is 43.1 Å². The van der Waals surface area contributed by atoms with E-state index in [1.807, 2.05) is 19.0 Å². The van der Waals surface area contributed by atoms with Crippen LogP contribution in [0.4, 0.5) is 0 Å². The minimum Gasteiger partial charge on any atom is -0.363 e. The molecule has 0 radical (unpaired) electrons. The first kappa shape index (κ1) is 14.0. The van der Waals surface area contributed by atoms with Crippen molar-refractivity contribution in [3.63, 3.8) is 0 Å². The molecule has 0 amide bonds. The van der Waals surface area contributed by atoms with E-state index in [1.54, 1.807) is 0 Å². The van der Waals surface area contributed by atoms with Crippen LogP contribution in [0.15, 0.2) is 29.3 Å². The van der Waals surface area contributed by atoms with Crippen molar-refractivity contribution < 1.29 is 0 Å². The van der Waals surface area contributed by atoms with E-state index >= 15 is 0 Å². The van der Waals surface area contributed by atoms with Crippen molar-refractivity contribution in [1.82, 2.24) is 4.90 Å². The highest BCUT2D eigenvalue weighted by Gasteiger charge is 2.03. The maximum atomic E-state index is 4.47. The van der Waals surface area contributed by atoms with Crippen LogP contribution in [0, 0.1) is 6.92 Å². The summed E-state index contributed by atoms with van der Waals surface area (Å²) in [5.74, 6) is 1.05. The Morgan fingerprint density at radius 3 is 2.13 bits per heavy atom. The number of halogens is 1. The molecule has 0 aromatic heterocycles. The lowest BCUT2D eigenvalue weighted by molar-refractivity contribution is 0.620. The van der Waals surface area contributed by atoms with Crippen LogP contribution in [0.1, 0.15) is 18.1 Å². The molecule has 1 rings (SSSR count). The average molecular weight is 227 g/mol. The van der Waals surface area contributed by atoms with Crippen LogP contribution in [-0.4, -0.2) is 31.4 Å². The molecule has 0 saturated heterocycles. The second-order valence-electron chi connectivity index (χ2n) is 3.56. The van der Waals surface area contributed by atoms with Crippen molar-refractivity contribution in [2.24, 2.45) is 4.99 Å². The Morgan fingerprint density at radius 1 is 1.20 bits per heavy atom. The fraction of sp³-hybridized carbons (Fsp3) is 0.417. The van der Waals surface area contributed by atoms with Crippen LogP contribution in [-0.2, 0) is 0 Å². The monoisotopic (exact) mass is 226 g/mol. The van der Waals surface area contributed by atoms with Gasteiger partial charge in [0.1, 0.15) is 5.84 Å². The molecular formula is C12H19ClN2. The zero-order valence-electron chi connectivity index (χ0n) is 9.82. The maximum Gasteiger partial charge on any atom is 0.130 e. The van der Waals surface area contributed by atoms with E-state index in [0.717, 1.165) is 12.4 Å². The predicted molar refractivity (Wildman–Crippen MR) is 69.2 cm³/mol. The first-order valence-corrected chi connectivity index (χ1v) is 4.94. The number of amidine groups is 1. The highest BCUT2D eigenvalue weighted by molar-refractivity contribution is 5.98. The molecule has 3 heteroatoms. The Labute approximate surface area is 98.4 Å². The van der Waals surface area contributed by atoms with Gasteiger partial charge in [0.25, 0.3) is 0 Å². The summed E-state index contributed by atoms with van der Waals surface area (Å²) in [5.41, 5.74) is 2.46. The highest BCUT2D eigenvalue weighted by Crippen LogP contribution is 2.06. The zero-order chi connectivity index (χ0) is 10.6. The number of rotatable bonds is 2. The second-order valence-corrected chi connectivity index (χ2v) is 3.56. The summed E-state index contributed by atoms with van der Waals surface area (Å²) in [6, 6.07) is 8.46. The molecule has 84 valence electrons. The number of hydrogen-bond donors (Lipinski definition) is 0. The third kappa shape index (κ3) is 3.92. The molecule has 0 aliphatic rings. The number of aliphatic imine (C=N–C) groups is 1. The fourth-order valence-corrected chi connectivity index (χ4v) is 1.34. The molecule has 0 aliphatic heterocycles. The van der Waals surface area contributed by atoms with Gasteiger partial charge in [0.15, 0.2) is 0 Å². The van der Waals surface area contributed by atoms with Crippen molar-refractivity contribution in [1.29, 1.82) is 0 Å². The average Bonchev–Trinajstić information content (AvgIpc) is 2.15. The van der Waals surface area contributed by atoms with Crippen LogP contribution >= 0.6 is 12.4 Å². The lowest BCUT2D eigenvalue weighted by Crippen LogP contribution is -2.23. The minimum atomic E-state index is 0. The molecule has 0 spiro atoms. The lowest BCUT2D eigenvalue weighted by atomic mass is 10.1. The third-order valence-corrected chi connectivity index (χ3v) is 2.04. The first-order chi connectivity index (χ1) is 6.65. The normalized spacial score (nSPS) is 10.8. The molecule has 0 saturated carbocycles. The Hall–Kier alpha value is -1.02. The van der Waals surface area contributed by atoms with Gasteiger partial charge in [0, 0.05) is 26.2 Å². The Bertz CT molecular complexity index is 315. The lowest BCUT2D eigenvalue weighted by Gasteiger charge is -2.15. The Kier molecular flexibility index (Phi) is 6.02. The summed E-state index contributed by atoms with van der Waals surface area (Å²) < 4.78 is 0. The van der Waals surface area contributed by atoms with Gasteiger partial charge in [0.05, 0.1) is 0 Å². The van der Waals surface area contributed by atoms with Crippen LogP contribution in [0.5, 0.6) is 0 Å². The smallest absolute Gasteiger partial charge is 0.130 e. The van der Waals surface area contributed by atoms with Crippen LogP contribution in [0.25, 0.3) is 0 Å². The van der Waals surface area contributed by atoms with Gasteiger partial charge in [-0.15, -0.1) is 12.4 Å². The van der Waals surface area contributed by atoms with Crippen LogP contribution in [0.2, 0.25) is 0 Å². The molecular weight excluding hydrogens is 208 g/mol. The number of benzene rings is 1. The summed E-state index contributed by atoms with van der Waals surface area (Å²) in [7, 11) is 4.04. The van der Waals surface area contributed by atoms with E-state index in [1.165, 1.54) is 11.1 Å². The largest absolute Gasteiger partial charge is 0.363 e. The van der Waals surface area contributed by atoms with Gasteiger partial charge < -0.3 is 4.90 Å². The SMILES string of the molecule is CCN=C(c1ccc(C)cc1)N(C)C.Cl. The van der Waals surface area contributed by atoms with Crippen molar-refractivity contribution in [3.8, 4) is 0 Å². The molecule has 0 bridgehead atoms. The fourth-order valence-electron chi connectivity index (χ4n) is 1.34. The number of aryl methyl sites for hydroxylation is 1. The van der Waals surface area contributed by atoms with Crippen molar-refractivity contribution in [2.75, 3.05) is 20.6 Å². The van der Waals surface area contributed by atoms with Crippen LogP contribution < -0.4 is 0 Å². The predicted octanol–water partition coefficient (Wildman–Crippen LogP) is 2.74. The van der Waals surface area contributed by atoms with Gasteiger partial charge in [-0.1, -0.05) is 29.8 Å². The van der Waals surface area contributed by atoms with Gasteiger partial charge >= 0.3 is 0 Å². The maximum absolute atomic E-state index is 4.47. The third-order valence-electron chi connectivity index (χ3n) is 2.04. The molecule has 0 aliphatic carbocycles. The summed E-state index contributed by atoms with van der Waals surface area (Å²) in [6.07, 6.45) is 0. The summed E-state index contributed by atoms with van der Waals surface area (Å²) in [6.45, 7) is 4.97. The van der Waals surface area contributed by atoms with Crippen molar-refractivity contribution in [3.05, 3.63) is 35.4 Å². The molecule has 0 atom stereocenters. The van der Waals surface area contributed by atoms with Gasteiger partial charge in [-0.3, -0.25) is 4.99 Å². The summed E-state index contributed by atoms with van der Waals surface area (Å²) >= 11 is 0. The van der Waals surface area contributed by atoms with Gasteiger partial charge in [0.2, 0.25) is 0 Å². The van der Waals surface area contributed by atoms with Gasteiger partial charge in [-0.05, 0) is 13.8 Å². The summed E-state index contributed by atoms with van der Waals surface area (Å²) in [4.78, 5) is 6.52. The van der Waals surface area contributed by atoms with Gasteiger partial charge in [-0.25, -0.2) is 0 Å². The van der Waals surface area contributed by atoms with Crippen molar-refractivity contribution >= 4 is 18.2 Å². The Balaban J connectivity index is 0.00000196. The molecule has 1 aromatic rings. The van der Waals surface area contributed by atoms with Crippen molar-refractivity contribution in [2.45, 2.75) is 13.8 Å². The molecule has 0 N–H and O–H groups in total. The zero-order valence-corrected chi connectivity index (χ0v) is 10.6. The van der Waals surface area contributed by atoms with Crippen LogP contribution in [0.3, 0.4) is 0 Å². The van der Waals surface area contributed by atoms with E-state index in [9.17, 15) is 0 Å². The Morgan fingerprint density at radius 2 is 1.73 bits per heavy atom. The quantitative estimate of drug-likeness (QED) is 0.559. The summed E-state index contributed by atoms with van der Waals surface area (Å²) in [5, 5.41) is 0. The molecule has 0 unspecified atom stereocenters. The first-order valence-electron chi connectivity index (χ1n) is 4.94. The topological polar surface area (TPSA) is 15.6 Å². The highest BCUT2D eigenvalue weighted by atomic mass is 35.5. The second kappa shape index (κ2) is 6.46. The van der Waals surface area contributed by atoms with E-state index in [0.29, 0.717) is 0 Å². The standard InChI is InChI=1S/C12H18N2.ClH/c1-5-13-12(14(3)4)11-8-6-10(2)7-9-11;/h6-9H,5H2,1-4H3;1H. The van der Waals surface area contributed by atoms with Gasteiger partial charge in [-0.2, -0.15) is 0 Å². The molecule has 1 aromatic carbocycles. The number of hydrogen-bond acceptors (Lipinski definition) is 1. The molecule has 0 fully saturated rings. The number of nitrogens with zero attached hydrogens (tertiary/aromatic N) is 2. The van der Waals surface area contributed by atoms with E-state index in [4.69, 9.17) is 0 Å². The molecule has 15 heavy (non-hydrogen) atoms. The van der Waals surface area contributed by atoms with E-state index in [-0.39, 0.29) is 12.4 Å². The minimum absolute atomic E-state index is 0.